The van der Waals surface area contributed by atoms with Gasteiger partial charge in [0.1, 0.15) is 11.7 Å². The van der Waals surface area contributed by atoms with Gasteiger partial charge in [-0.2, -0.15) is 0 Å². The number of aromatic nitrogens is 1. The van der Waals surface area contributed by atoms with E-state index in [1.54, 1.807) is 13.2 Å². The molecule has 2 aliphatic rings. The standard InChI is InChI=1S/C37H46N4O5/c1-24(25-14-18-30(19-15-25)45-34(43)38-5)33(42)40-29-22-31(26-10-7-6-8-11-26)32(39-23-29)27-12-16-28(17-13-27)37(20-9-21-37)41-35(44)46-36(2,3)4/h6-8,10-13,16-17,22-25,30H,9,14-15,18-21H2,1-5H3,(H,38,43)(H,40,42)(H,41,44)/t24?,25-,30-. The topological polar surface area (TPSA) is 119 Å². The van der Waals surface area contributed by atoms with Crippen LogP contribution in [0.1, 0.15) is 78.2 Å². The summed E-state index contributed by atoms with van der Waals surface area (Å²) in [5, 5.41) is 8.74. The van der Waals surface area contributed by atoms with Crippen molar-refractivity contribution in [3.63, 3.8) is 0 Å². The smallest absolute Gasteiger partial charge is 0.408 e. The summed E-state index contributed by atoms with van der Waals surface area (Å²) in [4.78, 5) is 42.4. The third kappa shape index (κ3) is 7.87. The number of hydrogen-bond donors (Lipinski definition) is 3. The van der Waals surface area contributed by atoms with Gasteiger partial charge in [0.2, 0.25) is 5.91 Å². The van der Waals surface area contributed by atoms with Crippen LogP contribution in [-0.2, 0) is 19.8 Å². The Bertz CT molecular complexity index is 1520. The first-order valence-corrected chi connectivity index (χ1v) is 16.3. The first kappa shape index (κ1) is 33.0. The van der Waals surface area contributed by atoms with Crippen molar-refractivity contribution in [1.82, 2.24) is 15.6 Å². The second-order valence-corrected chi connectivity index (χ2v) is 13.6. The molecular weight excluding hydrogens is 580 g/mol. The van der Waals surface area contributed by atoms with Gasteiger partial charge in [-0.1, -0.05) is 61.5 Å². The van der Waals surface area contributed by atoms with Gasteiger partial charge in [0.25, 0.3) is 0 Å². The largest absolute Gasteiger partial charge is 0.446 e. The molecule has 2 aromatic carbocycles. The first-order valence-electron chi connectivity index (χ1n) is 16.3. The Balaban J connectivity index is 1.32. The minimum Gasteiger partial charge on any atom is -0.446 e. The molecule has 46 heavy (non-hydrogen) atoms. The molecule has 3 amide bonds. The Hall–Kier alpha value is -4.40. The Labute approximate surface area is 271 Å². The van der Waals surface area contributed by atoms with Crippen LogP contribution in [0.4, 0.5) is 15.3 Å². The Morgan fingerprint density at radius 2 is 1.59 bits per heavy atom. The van der Waals surface area contributed by atoms with Crippen LogP contribution in [0.2, 0.25) is 0 Å². The molecule has 0 radical (unpaired) electrons. The van der Waals surface area contributed by atoms with Gasteiger partial charge in [0, 0.05) is 24.1 Å². The summed E-state index contributed by atoms with van der Waals surface area (Å²) in [6.45, 7) is 7.56. The highest BCUT2D eigenvalue weighted by Gasteiger charge is 2.41. The molecule has 1 atom stereocenters. The first-order chi connectivity index (χ1) is 22.0. The average Bonchev–Trinajstić information content (AvgIpc) is 3.02. The van der Waals surface area contributed by atoms with Crippen molar-refractivity contribution in [2.75, 3.05) is 12.4 Å². The molecule has 0 aliphatic heterocycles. The fraction of sp³-hybridized carbons (Fsp3) is 0.459. The van der Waals surface area contributed by atoms with E-state index in [1.807, 2.05) is 76.2 Å². The lowest BCUT2D eigenvalue weighted by molar-refractivity contribution is -0.121. The van der Waals surface area contributed by atoms with Crippen molar-refractivity contribution in [3.05, 3.63) is 72.4 Å². The van der Waals surface area contributed by atoms with E-state index in [4.69, 9.17) is 14.5 Å². The van der Waals surface area contributed by atoms with Crippen LogP contribution in [0.25, 0.3) is 22.4 Å². The molecule has 1 unspecified atom stereocenters. The lowest BCUT2D eigenvalue weighted by Gasteiger charge is -2.43. The van der Waals surface area contributed by atoms with Crippen LogP contribution in [0.15, 0.2) is 66.9 Å². The van der Waals surface area contributed by atoms with E-state index in [0.717, 1.165) is 72.9 Å². The molecule has 0 bridgehead atoms. The van der Waals surface area contributed by atoms with Crippen molar-refractivity contribution in [2.45, 2.75) is 89.9 Å². The number of carbonyl (C=O) groups excluding carboxylic acids is 3. The van der Waals surface area contributed by atoms with Gasteiger partial charge in [0.05, 0.1) is 23.1 Å². The number of ether oxygens (including phenoxy) is 2. The van der Waals surface area contributed by atoms with Crippen LogP contribution in [0.5, 0.6) is 0 Å². The summed E-state index contributed by atoms with van der Waals surface area (Å²) in [6.07, 6.45) is 6.71. The number of pyridine rings is 1. The van der Waals surface area contributed by atoms with Gasteiger partial charge < -0.3 is 25.4 Å². The van der Waals surface area contributed by atoms with Crippen LogP contribution in [0.3, 0.4) is 0 Å². The van der Waals surface area contributed by atoms with E-state index >= 15 is 0 Å². The van der Waals surface area contributed by atoms with Gasteiger partial charge in [-0.3, -0.25) is 9.78 Å². The molecule has 3 N–H and O–H groups in total. The number of amides is 3. The number of anilines is 1. The van der Waals surface area contributed by atoms with E-state index in [1.165, 1.54) is 0 Å². The monoisotopic (exact) mass is 626 g/mol. The number of nitrogens with zero attached hydrogens (tertiary/aromatic N) is 1. The van der Waals surface area contributed by atoms with E-state index in [2.05, 4.69) is 28.1 Å². The van der Waals surface area contributed by atoms with Crippen molar-refractivity contribution < 1.29 is 23.9 Å². The minimum atomic E-state index is -0.564. The number of rotatable bonds is 8. The Kier molecular flexibility index (Phi) is 9.99. The van der Waals surface area contributed by atoms with E-state index in [9.17, 15) is 14.4 Å². The minimum absolute atomic E-state index is 0.0446. The highest BCUT2D eigenvalue weighted by Crippen LogP contribution is 2.42. The summed E-state index contributed by atoms with van der Waals surface area (Å²) >= 11 is 0. The zero-order valence-corrected chi connectivity index (χ0v) is 27.5. The Morgan fingerprint density at radius 1 is 0.913 bits per heavy atom. The van der Waals surface area contributed by atoms with Gasteiger partial charge in [-0.25, -0.2) is 9.59 Å². The average molecular weight is 627 g/mol. The van der Waals surface area contributed by atoms with E-state index in [-0.39, 0.29) is 23.8 Å². The second kappa shape index (κ2) is 13.9. The number of alkyl carbamates (subject to hydrolysis) is 2. The predicted molar refractivity (Wildman–Crippen MR) is 179 cm³/mol. The SMILES string of the molecule is CNC(=O)O[C@H]1CC[C@H](C(C)C(=O)Nc2cnc(-c3ccc(C4(NC(=O)OC(C)(C)C)CCC4)cc3)c(-c3ccccc3)c2)CC1. The molecule has 9 nitrogen and oxygen atoms in total. The lowest BCUT2D eigenvalue weighted by atomic mass is 9.71. The summed E-state index contributed by atoms with van der Waals surface area (Å²) in [6, 6.07) is 20.2. The molecule has 2 aliphatic carbocycles. The highest BCUT2D eigenvalue weighted by atomic mass is 16.6. The van der Waals surface area contributed by atoms with Crippen molar-refractivity contribution in [1.29, 1.82) is 0 Å². The summed E-state index contributed by atoms with van der Waals surface area (Å²) < 4.78 is 11.0. The van der Waals surface area contributed by atoms with E-state index < -0.39 is 23.3 Å². The highest BCUT2D eigenvalue weighted by molar-refractivity contribution is 5.94. The van der Waals surface area contributed by atoms with Gasteiger partial charge in [-0.15, -0.1) is 0 Å². The van der Waals surface area contributed by atoms with Gasteiger partial charge in [-0.05, 0) is 88.8 Å². The van der Waals surface area contributed by atoms with Gasteiger partial charge >= 0.3 is 12.2 Å². The molecule has 3 aromatic rings. The maximum absolute atomic E-state index is 13.4. The third-order valence-corrected chi connectivity index (χ3v) is 9.22. The molecule has 2 fully saturated rings. The fourth-order valence-corrected chi connectivity index (χ4v) is 6.45. The Morgan fingerprint density at radius 3 is 2.17 bits per heavy atom. The predicted octanol–water partition coefficient (Wildman–Crippen LogP) is 7.81. The molecule has 9 heteroatoms. The van der Waals surface area contributed by atoms with Crippen LogP contribution < -0.4 is 16.0 Å². The van der Waals surface area contributed by atoms with Crippen LogP contribution >= 0.6 is 0 Å². The molecular formula is C37H46N4O5. The molecule has 0 spiro atoms. The normalized spacial score (nSPS) is 19.6. The van der Waals surface area contributed by atoms with Crippen molar-refractivity contribution in [2.24, 2.45) is 11.8 Å². The zero-order valence-electron chi connectivity index (χ0n) is 27.5. The molecule has 0 saturated heterocycles. The molecule has 2 saturated carbocycles. The lowest BCUT2D eigenvalue weighted by Crippen LogP contribution is -2.52. The zero-order chi connectivity index (χ0) is 32.9. The third-order valence-electron chi connectivity index (χ3n) is 9.22. The maximum atomic E-state index is 13.4. The molecule has 244 valence electrons. The number of carbonyl (C=O) groups is 3. The summed E-state index contributed by atoms with van der Waals surface area (Å²) in [5.41, 5.74) is 4.34. The molecule has 1 heterocycles. The van der Waals surface area contributed by atoms with Gasteiger partial charge in [0.15, 0.2) is 0 Å². The maximum Gasteiger partial charge on any atom is 0.408 e. The second-order valence-electron chi connectivity index (χ2n) is 13.6. The fourth-order valence-electron chi connectivity index (χ4n) is 6.45. The molecule has 5 rings (SSSR count). The number of nitrogens with one attached hydrogen (secondary N) is 3. The number of benzene rings is 2. The van der Waals surface area contributed by atoms with Crippen molar-refractivity contribution in [3.8, 4) is 22.4 Å². The molecule has 1 aromatic heterocycles. The van der Waals surface area contributed by atoms with Crippen LogP contribution in [-0.4, -0.2) is 41.8 Å². The quantitative estimate of drug-likeness (QED) is 0.235. The summed E-state index contributed by atoms with van der Waals surface area (Å²) in [7, 11) is 1.56. The summed E-state index contributed by atoms with van der Waals surface area (Å²) in [5.74, 6) is -0.0222. The van der Waals surface area contributed by atoms with E-state index in [0.29, 0.717) is 5.69 Å². The van der Waals surface area contributed by atoms with Crippen LogP contribution in [0, 0.1) is 11.8 Å². The van der Waals surface area contributed by atoms with Crippen molar-refractivity contribution >= 4 is 23.8 Å². The number of hydrogen-bond acceptors (Lipinski definition) is 6.